The van der Waals surface area contributed by atoms with Gasteiger partial charge in [0.05, 0.1) is 23.0 Å². The maximum atomic E-state index is 13.8. The maximum absolute atomic E-state index is 13.8. The van der Waals surface area contributed by atoms with Gasteiger partial charge in [0, 0.05) is 40.2 Å². The molecule has 2 heterocycles. The third-order valence-electron chi connectivity index (χ3n) is 10.8. The lowest BCUT2D eigenvalue weighted by atomic mass is 9.73. The number of para-hydroxylation sites is 2. The Morgan fingerprint density at radius 1 is 0.875 bits per heavy atom. The van der Waals surface area contributed by atoms with E-state index < -0.39 is 5.41 Å². The molecule has 2 aromatic heterocycles. The van der Waals surface area contributed by atoms with Gasteiger partial charge >= 0.3 is 5.97 Å². The molecule has 2 atom stereocenters. The van der Waals surface area contributed by atoms with E-state index in [9.17, 15) is 9.59 Å². The van der Waals surface area contributed by atoms with Crippen LogP contribution in [-0.2, 0) is 9.53 Å². The van der Waals surface area contributed by atoms with Crippen LogP contribution in [0.2, 0.25) is 0 Å². The molecule has 48 heavy (non-hydrogen) atoms. The van der Waals surface area contributed by atoms with Crippen molar-refractivity contribution in [3.8, 4) is 11.1 Å². The SMILES string of the molecule is CCC(C)(CC(C)C1c2ccccc2-c2ccccc21)C(=O)OCCN(C)c1ccc2c(=O)n3c4ccccc4nc3c3cccc1c23. The number of pyridine rings is 1. The summed E-state index contributed by atoms with van der Waals surface area (Å²) in [5.74, 6) is 0.355. The molecule has 1 aliphatic rings. The summed E-state index contributed by atoms with van der Waals surface area (Å²) in [7, 11) is 2.01. The second kappa shape index (κ2) is 11.5. The van der Waals surface area contributed by atoms with Crippen molar-refractivity contribution < 1.29 is 9.53 Å². The van der Waals surface area contributed by atoms with Gasteiger partial charge in [-0.05, 0) is 72.2 Å². The van der Waals surface area contributed by atoms with Gasteiger partial charge in [0.2, 0.25) is 0 Å². The van der Waals surface area contributed by atoms with E-state index in [1.807, 2.05) is 55.6 Å². The van der Waals surface area contributed by atoms with E-state index in [0.29, 0.717) is 24.0 Å². The molecule has 0 fully saturated rings. The van der Waals surface area contributed by atoms with E-state index in [0.717, 1.165) is 39.3 Å². The van der Waals surface area contributed by atoms with Crippen molar-refractivity contribution in [1.29, 1.82) is 0 Å². The van der Waals surface area contributed by atoms with Crippen LogP contribution in [0.5, 0.6) is 0 Å². The highest BCUT2D eigenvalue weighted by Gasteiger charge is 2.40. The second-order valence-corrected chi connectivity index (χ2v) is 13.7. The van der Waals surface area contributed by atoms with Crippen LogP contribution in [0.15, 0.2) is 108 Å². The molecule has 6 heteroatoms. The average molecular weight is 634 g/mol. The largest absolute Gasteiger partial charge is 0.463 e. The number of imidazole rings is 1. The molecule has 0 bridgehead atoms. The quantitative estimate of drug-likeness (QED) is 0.149. The van der Waals surface area contributed by atoms with Gasteiger partial charge in [0.25, 0.3) is 5.56 Å². The molecule has 0 N–H and O–H groups in total. The predicted molar refractivity (Wildman–Crippen MR) is 195 cm³/mol. The highest BCUT2D eigenvalue weighted by atomic mass is 16.5. The van der Waals surface area contributed by atoms with Crippen LogP contribution in [0.3, 0.4) is 0 Å². The molecular formula is C42H39N3O3. The predicted octanol–water partition coefficient (Wildman–Crippen LogP) is 8.83. The molecular weight excluding hydrogens is 594 g/mol. The van der Waals surface area contributed by atoms with Crippen molar-refractivity contribution in [3.63, 3.8) is 0 Å². The Balaban J connectivity index is 1.01. The molecule has 0 saturated heterocycles. The lowest BCUT2D eigenvalue weighted by Gasteiger charge is -2.32. The van der Waals surface area contributed by atoms with Crippen LogP contribution in [0.4, 0.5) is 5.69 Å². The van der Waals surface area contributed by atoms with Crippen molar-refractivity contribution in [2.45, 2.75) is 39.5 Å². The van der Waals surface area contributed by atoms with Crippen molar-refractivity contribution in [1.82, 2.24) is 9.38 Å². The van der Waals surface area contributed by atoms with E-state index >= 15 is 0 Å². The summed E-state index contributed by atoms with van der Waals surface area (Å²) < 4.78 is 7.76. The number of rotatable bonds is 9. The van der Waals surface area contributed by atoms with Crippen LogP contribution >= 0.6 is 0 Å². The second-order valence-electron chi connectivity index (χ2n) is 13.7. The first-order chi connectivity index (χ1) is 23.3. The van der Waals surface area contributed by atoms with Gasteiger partial charge in [0.1, 0.15) is 12.3 Å². The van der Waals surface area contributed by atoms with E-state index in [1.165, 1.54) is 22.3 Å². The lowest BCUT2D eigenvalue weighted by Crippen LogP contribution is -2.34. The molecule has 1 aliphatic carbocycles. The molecule has 6 nitrogen and oxygen atoms in total. The Bertz CT molecular complexity index is 2370. The van der Waals surface area contributed by atoms with Crippen LogP contribution in [0, 0.1) is 11.3 Å². The average Bonchev–Trinajstić information content (AvgIpc) is 3.67. The van der Waals surface area contributed by atoms with Gasteiger partial charge in [-0.1, -0.05) is 92.7 Å². The molecule has 0 aliphatic heterocycles. The molecule has 0 radical (unpaired) electrons. The number of carbonyl (C=O) groups is 1. The summed E-state index contributed by atoms with van der Waals surface area (Å²) >= 11 is 0. The number of nitrogens with zero attached hydrogens (tertiary/aromatic N) is 3. The first kappa shape index (κ1) is 30.1. The van der Waals surface area contributed by atoms with Crippen molar-refractivity contribution in [3.05, 3.63) is 125 Å². The third-order valence-corrected chi connectivity index (χ3v) is 10.8. The Labute approximate surface area is 279 Å². The number of aromatic nitrogens is 2. The van der Waals surface area contributed by atoms with Crippen LogP contribution in [0.1, 0.15) is 50.7 Å². The van der Waals surface area contributed by atoms with E-state index in [2.05, 4.69) is 80.3 Å². The number of esters is 1. The van der Waals surface area contributed by atoms with Crippen molar-refractivity contribution in [2.24, 2.45) is 11.3 Å². The van der Waals surface area contributed by atoms with Gasteiger partial charge < -0.3 is 9.64 Å². The molecule has 8 rings (SSSR count). The number of fused-ring (bicyclic) bond motifs is 7. The first-order valence-corrected chi connectivity index (χ1v) is 17.0. The summed E-state index contributed by atoms with van der Waals surface area (Å²) in [6.07, 6.45) is 1.44. The number of benzene rings is 5. The maximum Gasteiger partial charge on any atom is 0.311 e. The highest BCUT2D eigenvalue weighted by molar-refractivity contribution is 6.18. The topological polar surface area (TPSA) is 63.9 Å². The normalized spacial score (nSPS) is 14.8. The Hall–Kier alpha value is -5.23. The fraction of sp³-hybridized carbons (Fsp3) is 0.262. The standard InChI is InChI=1S/C42H39N3O3/c1-5-42(3,25-26(2)37-29-15-8-6-13-27(29)28-14-7-9-16-30(28)37)41(47)48-24-23-44(4)35-22-21-33-38-31(35)17-12-18-32(38)39-43-34-19-10-11-20-36(34)45(39)40(33)46/h6-22,26,37H,5,23-25H2,1-4H3. The minimum absolute atomic E-state index is 0.0665. The van der Waals surface area contributed by atoms with E-state index in [1.54, 1.807) is 4.40 Å². The van der Waals surface area contributed by atoms with Crippen LogP contribution in [-0.4, -0.2) is 35.6 Å². The Kier molecular flexibility index (Phi) is 7.20. The Morgan fingerprint density at radius 3 is 2.27 bits per heavy atom. The zero-order valence-corrected chi connectivity index (χ0v) is 27.9. The van der Waals surface area contributed by atoms with E-state index in [4.69, 9.17) is 9.72 Å². The minimum atomic E-state index is -0.601. The summed E-state index contributed by atoms with van der Waals surface area (Å²) in [6.45, 7) is 7.21. The van der Waals surface area contributed by atoms with Gasteiger partial charge in [-0.2, -0.15) is 0 Å². The molecule has 0 spiro atoms. The number of hydrogen-bond acceptors (Lipinski definition) is 5. The third kappa shape index (κ3) is 4.57. The lowest BCUT2D eigenvalue weighted by molar-refractivity contribution is -0.156. The molecule has 2 unspecified atom stereocenters. The molecule has 0 saturated carbocycles. The minimum Gasteiger partial charge on any atom is -0.463 e. The monoisotopic (exact) mass is 633 g/mol. The van der Waals surface area contributed by atoms with Gasteiger partial charge in [0.15, 0.2) is 0 Å². The summed E-state index contributed by atoms with van der Waals surface area (Å²) in [5, 5.41) is 3.50. The zero-order chi connectivity index (χ0) is 33.2. The number of carbonyl (C=O) groups excluding carboxylic acids is 1. The van der Waals surface area contributed by atoms with Crippen LogP contribution in [0.25, 0.3) is 49.4 Å². The number of hydrogen-bond donors (Lipinski definition) is 0. The summed E-state index contributed by atoms with van der Waals surface area (Å²) in [6, 6.07) is 35.1. The zero-order valence-electron chi connectivity index (χ0n) is 27.9. The molecule has 5 aromatic carbocycles. The Morgan fingerprint density at radius 2 is 1.54 bits per heavy atom. The number of likely N-dealkylation sites (N-methyl/N-ethyl adjacent to an activating group) is 1. The molecule has 0 amide bonds. The first-order valence-electron chi connectivity index (χ1n) is 17.0. The highest BCUT2D eigenvalue weighted by Crippen LogP contribution is 2.50. The van der Waals surface area contributed by atoms with Crippen molar-refractivity contribution in [2.75, 3.05) is 25.1 Å². The fourth-order valence-corrected chi connectivity index (χ4v) is 8.20. The van der Waals surface area contributed by atoms with E-state index in [-0.39, 0.29) is 30.0 Å². The van der Waals surface area contributed by atoms with Crippen LogP contribution < -0.4 is 10.5 Å². The number of anilines is 1. The van der Waals surface area contributed by atoms with Gasteiger partial charge in [-0.3, -0.25) is 14.0 Å². The van der Waals surface area contributed by atoms with Crippen molar-refractivity contribution >= 4 is 49.9 Å². The van der Waals surface area contributed by atoms with Gasteiger partial charge in [-0.25, -0.2) is 4.98 Å². The molecule has 7 aromatic rings. The summed E-state index contributed by atoms with van der Waals surface area (Å²) in [5.41, 5.74) is 7.90. The fourth-order valence-electron chi connectivity index (χ4n) is 8.20. The molecule has 240 valence electrons. The van der Waals surface area contributed by atoms with Gasteiger partial charge in [-0.15, -0.1) is 0 Å². The smallest absolute Gasteiger partial charge is 0.311 e. The summed E-state index contributed by atoms with van der Waals surface area (Å²) in [4.78, 5) is 34.4. The number of ether oxygens (including phenoxy) is 1.